The van der Waals surface area contributed by atoms with Gasteiger partial charge >= 0.3 is 0 Å². The van der Waals surface area contributed by atoms with Gasteiger partial charge in [-0.15, -0.1) is 0 Å². The fraction of sp³-hybridized carbons (Fsp3) is 0.259. The maximum absolute atomic E-state index is 13.5. The number of benzene rings is 3. The van der Waals surface area contributed by atoms with Crippen molar-refractivity contribution in [1.29, 1.82) is 0 Å². The molecule has 0 bridgehead atoms. The number of nitrogens with zero attached hydrogens (tertiary/aromatic N) is 1. The van der Waals surface area contributed by atoms with E-state index in [-0.39, 0.29) is 25.0 Å². The van der Waals surface area contributed by atoms with E-state index in [1.54, 1.807) is 17.0 Å². The van der Waals surface area contributed by atoms with Gasteiger partial charge in [-0.05, 0) is 76.5 Å². The summed E-state index contributed by atoms with van der Waals surface area (Å²) in [6, 6.07) is 23.8. The van der Waals surface area contributed by atoms with Crippen LogP contribution in [0, 0.1) is 3.57 Å². The minimum atomic E-state index is -0.683. The molecule has 0 heterocycles. The number of carbonyl (C=O) groups is 2. The molecule has 0 aliphatic heterocycles. The van der Waals surface area contributed by atoms with Crippen LogP contribution in [0.2, 0.25) is 5.02 Å². The van der Waals surface area contributed by atoms with Crippen LogP contribution in [0.15, 0.2) is 78.9 Å². The molecule has 3 aromatic carbocycles. The van der Waals surface area contributed by atoms with Crippen LogP contribution < -0.4 is 10.1 Å². The first-order chi connectivity index (χ1) is 16.5. The Morgan fingerprint density at radius 3 is 2.29 bits per heavy atom. The van der Waals surface area contributed by atoms with Gasteiger partial charge in [-0.2, -0.15) is 0 Å². The quantitative estimate of drug-likeness (QED) is 0.301. The first-order valence-corrected chi connectivity index (χ1v) is 12.7. The molecule has 0 fully saturated rings. The summed E-state index contributed by atoms with van der Waals surface area (Å²) >= 11 is 8.27. The smallest absolute Gasteiger partial charge is 0.261 e. The fourth-order valence-corrected chi connectivity index (χ4v) is 3.95. The van der Waals surface area contributed by atoms with Crippen LogP contribution in [0.5, 0.6) is 5.75 Å². The molecule has 0 saturated heterocycles. The Labute approximate surface area is 219 Å². The van der Waals surface area contributed by atoms with Gasteiger partial charge < -0.3 is 15.0 Å². The van der Waals surface area contributed by atoms with E-state index < -0.39 is 6.04 Å². The van der Waals surface area contributed by atoms with Crippen molar-refractivity contribution in [2.75, 3.05) is 13.2 Å². The SMILES string of the molecule is CCCNC(=O)C(Cc1ccccc1)N(Cc1ccc(Cl)cc1)C(=O)COc1ccc(I)cc1. The summed E-state index contributed by atoms with van der Waals surface area (Å²) in [5.41, 5.74) is 1.86. The lowest BCUT2D eigenvalue weighted by Gasteiger charge is -2.31. The summed E-state index contributed by atoms with van der Waals surface area (Å²) in [6.07, 6.45) is 1.21. The molecule has 0 radical (unpaired) electrons. The van der Waals surface area contributed by atoms with Crippen LogP contribution in [0.25, 0.3) is 0 Å². The van der Waals surface area contributed by atoms with Crippen molar-refractivity contribution in [1.82, 2.24) is 10.2 Å². The van der Waals surface area contributed by atoms with Gasteiger partial charge in [-0.3, -0.25) is 9.59 Å². The molecule has 0 aromatic heterocycles. The maximum atomic E-state index is 13.5. The molecule has 7 heteroatoms. The fourth-order valence-electron chi connectivity index (χ4n) is 3.47. The first-order valence-electron chi connectivity index (χ1n) is 11.2. The average molecular weight is 591 g/mol. The number of nitrogens with one attached hydrogen (secondary N) is 1. The molecule has 5 nitrogen and oxygen atoms in total. The molecule has 0 aliphatic rings. The molecule has 3 rings (SSSR count). The minimum absolute atomic E-state index is 0.166. The van der Waals surface area contributed by atoms with Crippen LogP contribution in [-0.2, 0) is 22.6 Å². The summed E-state index contributed by atoms with van der Waals surface area (Å²) in [4.78, 5) is 28.3. The summed E-state index contributed by atoms with van der Waals surface area (Å²) < 4.78 is 6.85. The zero-order chi connectivity index (χ0) is 24.3. The Morgan fingerprint density at radius 1 is 0.971 bits per heavy atom. The van der Waals surface area contributed by atoms with E-state index in [0.717, 1.165) is 21.1 Å². The van der Waals surface area contributed by atoms with Crippen LogP contribution in [0.4, 0.5) is 0 Å². The number of carbonyl (C=O) groups excluding carboxylic acids is 2. The third-order valence-electron chi connectivity index (χ3n) is 5.26. The van der Waals surface area contributed by atoms with Crippen molar-refractivity contribution >= 4 is 46.0 Å². The highest BCUT2D eigenvalue weighted by atomic mass is 127. The summed E-state index contributed by atoms with van der Waals surface area (Å²) in [5, 5.41) is 3.58. The molecule has 178 valence electrons. The number of amides is 2. The van der Waals surface area contributed by atoms with Gasteiger partial charge in [0.2, 0.25) is 5.91 Å². The van der Waals surface area contributed by atoms with Gasteiger partial charge in [0.25, 0.3) is 5.91 Å². The molecule has 1 unspecified atom stereocenters. The zero-order valence-corrected chi connectivity index (χ0v) is 22.0. The molecule has 34 heavy (non-hydrogen) atoms. The van der Waals surface area contributed by atoms with Gasteiger partial charge in [0.15, 0.2) is 6.61 Å². The Balaban J connectivity index is 1.87. The summed E-state index contributed by atoms with van der Waals surface area (Å²) in [5.74, 6) is 0.165. The van der Waals surface area contributed by atoms with Crippen LogP contribution in [0.1, 0.15) is 24.5 Å². The van der Waals surface area contributed by atoms with E-state index in [2.05, 4.69) is 27.9 Å². The van der Waals surface area contributed by atoms with Crippen molar-refractivity contribution in [3.05, 3.63) is 98.6 Å². The lowest BCUT2D eigenvalue weighted by Crippen LogP contribution is -2.51. The minimum Gasteiger partial charge on any atom is -0.484 e. The second-order valence-electron chi connectivity index (χ2n) is 7.89. The highest BCUT2D eigenvalue weighted by Gasteiger charge is 2.30. The molecule has 0 aliphatic carbocycles. The van der Waals surface area contributed by atoms with Gasteiger partial charge in [-0.1, -0.05) is 61.0 Å². The second-order valence-corrected chi connectivity index (χ2v) is 9.57. The maximum Gasteiger partial charge on any atom is 0.261 e. The third-order valence-corrected chi connectivity index (χ3v) is 6.23. The average Bonchev–Trinajstić information content (AvgIpc) is 2.86. The predicted molar refractivity (Wildman–Crippen MR) is 144 cm³/mol. The van der Waals surface area contributed by atoms with Gasteiger partial charge in [0.05, 0.1) is 0 Å². The van der Waals surface area contributed by atoms with E-state index in [1.807, 2.05) is 73.7 Å². The Morgan fingerprint density at radius 2 is 1.65 bits per heavy atom. The highest BCUT2D eigenvalue weighted by Crippen LogP contribution is 2.18. The first kappa shape index (κ1) is 26.0. The third kappa shape index (κ3) is 8.02. The van der Waals surface area contributed by atoms with Gasteiger partial charge in [0, 0.05) is 28.1 Å². The molecule has 2 amide bonds. The molecule has 0 saturated carbocycles. The Kier molecular flexibility index (Phi) is 10.2. The van der Waals surface area contributed by atoms with Crippen LogP contribution >= 0.6 is 34.2 Å². The normalized spacial score (nSPS) is 11.5. The van der Waals surface area contributed by atoms with Crippen LogP contribution in [0.3, 0.4) is 0 Å². The van der Waals surface area contributed by atoms with E-state index >= 15 is 0 Å². The zero-order valence-electron chi connectivity index (χ0n) is 19.0. The molecule has 1 N–H and O–H groups in total. The van der Waals surface area contributed by atoms with E-state index in [0.29, 0.717) is 23.7 Å². The lowest BCUT2D eigenvalue weighted by atomic mass is 10.0. The Hall–Kier alpha value is -2.58. The predicted octanol–water partition coefficient (Wildman–Crippen LogP) is 5.49. The standard InChI is InChI=1S/C27H28ClIN2O3/c1-2-16-30-27(33)25(17-20-6-4-3-5-7-20)31(18-21-8-10-22(28)11-9-21)26(32)19-34-24-14-12-23(29)13-15-24/h3-15,25H,2,16-19H2,1H3,(H,30,33). The topological polar surface area (TPSA) is 58.6 Å². The van der Waals surface area contributed by atoms with Gasteiger partial charge in [-0.25, -0.2) is 0 Å². The summed E-state index contributed by atoms with van der Waals surface area (Å²) in [7, 11) is 0. The van der Waals surface area contributed by atoms with E-state index in [9.17, 15) is 9.59 Å². The van der Waals surface area contributed by atoms with Crippen molar-refractivity contribution < 1.29 is 14.3 Å². The van der Waals surface area contributed by atoms with E-state index in [4.69, 9.17) is 16.3 Å². The van der Waals surface area contributed by atoms with Crippen LogP contribution in [-0.4, -0.2) is 35.9 Å². The Bertz CT molecular complexity index is 1060. The highest BCUT2D eigenvalue weighted by molar-refractivity contribution is 14.1. The molecule has 0 spiro atoms. The largest absolute Gasteiger partial charge is 0.484 e. The van der Waals surface area contributed by atoms with Crippen molar-refractivity contribution in [2.45, 2.75) is 32.4 Å². The molecular weight excluding hydrogens is 563 g/mol. The van der Waals surface area contributed by atoms with Gasteiger partial charge in [0.1, 0.15) is 11.8 Å². The number of halogens is 2. The molecule has 3 aromatic rings. The number of hydrogen-bond donors (Lipinski definition) is 1. The van der Waals surface area contributed by atoms with E-state index in [1.165, 1.54) is 0 Å². The number of ether oxygens (including phenoxy) is 1. The number of rotatable bonds is 11. The monoisotopic (exact) mass is 590 g/mol. The number of hydrogen-bond acceptors (Lipinski definition) is 3. The lowest BCUT2D eigenvalue weighted by molar-refractivity contribution is -0.142. The van der Waals surface area contributed by atoms with Crippen molar-refractivity contribution in [2.24, 2.45) is 0 Å². The molecular formula is C27H28ClIN2O3. The second kappa shape index (κ2) is 13.3. The summed E-state index contributed by atoms with van der Waals surface area (Å²) in [6.45, 7) is 2.65. The van der Waals surface area contributed by atoms with Crippen molar-refractivity contribution in [3.63, 3.8) is 0 Å². The molecule has 1 atom stereocenters. The van der Waals surface area contributed by atoms with Crippen molar-refractivity contribution in [3.8, 4) is 5.75 Å².